The molecule has 0 aromatic heterocycles. The third kappa shape index (κ3) is 2.95. The smallest absolute Gasteiger partial charge is 0.00173 e. The van der Waals surface area contributed by atoms with Gasteiger partial charge in [0, 0.05) is 0 Å². The minimum Gasteiger partial charge on any atom is -0.316 e. The molecule has 1 unspecified atom stereocenters. The molecular formula is C17H25N. The highest BCUT2D eigenvalue weighted by Crippen LogP contribution is 2.24. The van der Waals surface area contributed by atoms with Crippen molar-refractivity contribution in [3.05, 3.63) is 34.9 Å². The van der Waals surface area contributed by atoms with Crippen molar-refractivity contribution in [3.63, 3.8) is 0 Å². The fourth-order valence-electron chi connectivity index (χ4n) is 3.52. The molecule has 1 fully saturated rings. The second-order valence-electron chi connectivity index (χ2n) is 6.08. The molecule has 1 atom stereocenters. The van der Waals surface area contributed by atoms with E-state index in [0.717, 1.165) is 5.92 Å². The average Bonchev–Trinajstić information content (AvgIpc) is 2.64. The van der Waals surface area contributed by atoms with E-state index in [-0.39, 0.29) is 0 Å². The molecule has 0 bridgehead atoms. The lowest BCUT2D eigenvalue weighted by atomic mass is 9.90. The Morgan fingerprint density at radius 3 is 2.72 bits per heavy atom. The summed E-state index contributed by atoms with van der Waals surface area (Å²) in [5, 5.41) is 3.53. The van der Waals surface area contributed by atoms with Crippen molar-refractivity contribution in [2.75, 3.05) is 13.1 Å². The van der Waals surface area contributed by atoms with Gasteiger partial charge in [-0.2, -0.15) is 0 Å². The normalized spacial score (nSPS) is 24.3. The van der Waals surface area contributed by atoms with Crippen LogP contribution in [-0.2, 0) is 19.3 Å². The van der Waals surface area contributed by atoms with Crippen molar-refractivity contribution < 1.29 is 0 Å². The first-order chi connectivity index (χ1) is 8.92. The number of aryl methyl sites for hydroxylation is 2. The maximum absolute atomic E-state index is 3.53. The summed E-state index contributed by atoms with van der Waals surface area (Å²) in [5.74, 6) is 0.863. The third-order valence-corrected chi connectivity index (χ3v) is 4.59. The minimum atomic E-state index is 0.863. The molecule has 1 heteroatoms. The summed E-state index contributed by atoms with van der Waals surface area (Å²) in [6.07, 6.45) is 10.9. The van der Waals surface area contributed by atoms with Gasteiger partial charge >= 0.3 is 0 Å². The Labute approximate surface area is 111 Å². The minimum absolute atomic E-state index is 0.863. The van der Waals surface area contributed by atoms with Crippen LogP contribution in [0.2, 0.25) is 0 Å². The fourth-order valence-corrected chi connectivity index (χ4v) is 3.52. The van der Waals surface area contributed by atoms with E-state index in [2.05, 4.69) is 23.5 Å². The number of nitrogens with one attached hydrogen (secondary N) is 1. The Morgan fingerprint density at radius 2 is 1.89 bits per heavy atom. The second kappa shape index (κ2) is 5.88. The second-order valence-corrected chi connectivity index (χ2v) is 6.08. The Kier molecular flexibility index (Phi) is 3.99. The quantitative estimate of drug-likeness (QED) is 0.784. The van der Waals surface area contributed by atoms with Crippen molar-refractivity contribution in [1.82, 2.24) is 5.32 Å². The molecule has 0 radical (unpaired) electrons. The highest BCUT2D eigenvalue weighted by atomic mass is 14.9. The van der Waals surface area contributed by atoms with Gasteiger partial charge in [-0.15, -0.1) is 0 Å². The van der Waals surface area contributed by atoms with Crippen molar-refractivity contribution in [2.45, 2.75) is 51.4 Å². The summed E-state index contributed by atoms with van der Waals surface area (Å²) in [4.78, 5) is 0. The van der Waals surface area contributed by atoms with E-state index in [0.29, 0.717) is 0 Å². The molecule has 1 aliphatic carbocycles. The van der Waals surface area contributed by atoms with Crippen LogP contribution in [0.5, 0.6) is 0 Å². The lowest BCUT2D eigenvalue weighted by Gasteiger charge is -2.23. The number of fused-ring (bicyclic) bond motifs is 1. The summed E-state index contributed by atoms with van der Waals surface area (Å²) >= 11 is 0. The molecule has 1 aliphatic heterocycles. The number of hydrogen-bond donors (Lipinski definition) is 1. The zero-order valence-electron chi connectivity index (χ0n) is 11.4. The molecule has 98 valence electrons. The van der Waals surface area contributed by atoms with Crippen LogP contribution in [0.4, 0.5) is 0 Å². The number of rotatable bonds is 2. The summed E-state index contributed by atoms with van der Waals surface area (Å²) in [5.41, 5.74) is 4.84. The van der Waals surface area contributed by atoms with Crippen molar-refractivity contribution in [3.8, 4) is 0 Å². The van der Waals surface area contributed by atoms with Gasteiger partial charge in [0.2, 0.25) is 0 Å². The van der Waals surface area contributed by atoms with Crippen molar-refractivity contribution >= 4 is 0 Å². The van der Waals surface area contributed by atoms with Crippen LogP contribution in [0.3, 0.4) is 0 Å². The van der Waals surface area contributed by atoms with Crippen LogP contribution in [0.15, 0.2) is 18.2 Å². The molecular weight excluding hydrogens is 218 g/mol. The van der Waals surface area contributed by atoms with E-state index < -0.39 is 0 Å². The summed E-state index contributed by atoms with van der Waals surface area (Å²) in [6.45, 7) is 2.44. The van der Waals surface area contributed by atoms with Gasteiger partial charge in [0.15, 0.2) is 0 Å². The predicted octanol–water partition coefficient (Wildman–Crippen LogP) is 3.50. The maximum atomic E-state index is 3.53. The van der Waals surface area contributed by atoms with Crippen LogP contribution in [0.25, 0.3) is 0 Å². The molecule has 1 heterocycles. The average molecular weight is 243 g/mol. The van der Waals surface area contributed by atoms with Crippen molar-refractivity contribution in [1.29, 1.82) is 0 Å². The van der Waals surface area contributed by atoms with Gasteiger partial charge in [0.25, 0.3) is 0 Å². The maximum Gasteiger partial charge on any atom is -0.00173 e. The molecule has 1 saturated heterocycles. The monoisotopic (exact) mass is 243 g/mol. The lowest BCUT2D eigenvalue weighted by Crippen LogP contribution is -2.30. The highest BCUT2D eigenvalue weighted by molar-refractivity contribution is 5.33. The number of hydrogen-bond acceptors (Lipinski definition) is 1. The van der Waals surface area contributed by atoms with Crippen LogP contribution < -0.4 is 5.32 Å². The first-order valence-electron chi connectivity index (χ1n) is 7.73. The molecule has 0 saturated carbocycles. The largest absolute Gasteiger partial charge is 0.316 e. The molecule has 0 amide bonds. The topological polar surface area (TPSA) is 12.0 Å². The van der Waals surface area contributed by atoms with Gasteiger partial charge < -0.3 is 5.32 Å². The zero-order chi connectivity index (χ0) is 12.2. The summed E-state index contributed by atoms with van der Waals surface area (Å²) < 4.78 is 0. The van der Waals surface area contributed by atoms with Crippen LogP contribution >= 0.6 is 0 Å². The van der Waals surface area contributed by atoms with E-state index in [1.807, 2.05) is 0 Å². The highest BCUT2D eigenvalue weighted by Gasteiger charge is 2.14. The summed E-state index contributed by atoms with van der Waals surface area (Å²) in [6, 6.07) is 7.31. The Morgan fingerprint density at radius 1 is 1.00 bits per heavy atom. The van der Waals surface area contributed by atoms with Crippen molar-refractivity contribution in [2.24, 2.45) is 5.92 Å². The van der Waals surface area contributed by atoms with Gasteiger partial charge in [0.1, 0.15) is 0 Å². The van der Waals surface area contributed by atoms with E-state index in [9.17, 15) is 0 Å². The molecule has 1 aromatic carbocycles. The Balaban J connectivity index is 1.70. The molecule has 1 nitrogen and oxygen atoms in total. The fraction of sp³-hybridized carbons (Fsp3) is 0.647. The van der Waals surface area contributed by atoms with E-state index in [4.69, 9.17) is 0 Å². The van der Waals surface area contributed by atoms with Gasteiger partial charge in [0.05, 0.1) is 0 Å². The van der Waals surface area contributed by atoms with Gasteiger partial charge in [-0.1, -0.05) is 24.6 Å². The van der Waals surface area contributed by atoms with E-state index in [1.54, 1.807) is 16.7 Å². The zero-order valence-corrected chi connectivity index (χ0v) is 11.4. The van der Waals surface area contributed by atoms with Gasteiger partial charge in [-0.05, 0) is 80.6 Å². The molecule has 18 heavy (non-hydrogen) atoms. The Bertz CT molecular complexity index is 391. The lowest BCUT2D eigenvalue weighted by molar-refractivity contribution is 0.376. The Hall–Kier alpha value is -0.820. The first kappa shape index (κ1) is 12.2. The SMILES string of the molecule is c1cc2c(cc1CC1CCCNC1)CCCCC2. The first-order valence-corrected chi connectivity index (χ1v) is 7.73. The van der Waals surface area contributed by atoms with Crippen LogP contribution in [0, 0.1) is 5.92 Å². The standard InChI is InChI=1S/C17H25N/c1-2-6-16-9-8-14(12-17(16)7-3-1)11-15-5-4-10-18-13-15/h8-9,12,15,18H,1-7,10-11,13H2. The van der Waals surface area contributed by atoms with Gasteiger partial charge in [-0.25, -0.2) is 0 Å². The molecule has 1 N–H and O–H groups in total. The van der Waals surface area contributed by atoms with E-state index >= 15 is 0 Å². The number of piperidine rings is 1. The molecule has 1 aromatic rings. The third-order valence-electron chi connectivity index (χ3n) is 4.59. The van der Waals surface area contributed by atoms with E-state index in [1.165, 1.54) is 64.5 Å². The molecule has 0 spiro atoms. The number of benzene rings is 1. The van der Waals surface area contributed by atoms with Gasteiger partial charge in [-0.3, -0.25) is 0 Å². The molecule has 2 aliphatic rings. The predicted molar refractivity (Wildman–Crippen MR) is 77.0 cm³/mol. The summed E-state index contributed by atoms with van der Waals surface area (Å²) in [7, 11) is 0. The van der Waals surface area contributed by atoms with Crippen LogP contribution in [-0.4, -0.2) is 13.1 Å². The molecule has 3 rings (SSSR count). The van der Waals surface area contributed by atoms with Crippen LogP contribution in [0.1, 0.15) is 48.8 Å².